The Labute approximate surface area is 113 Å². The molecule has 1 aromatic carbocycles. The second kappa shape index (κ2) is 4.07. The van der Waals surface area contributed by atoms with Crippen molar-refractivity contribution in [1.29, 1.82) is 0 Å². The highest BCUT2D eigenvalue weighted by Gasteiger charge is 2.46. The zero-order valence-electron chi connectivity index (χ0n) is 11.0. The summed E-state index contributed by atoms with van der Waals surface area (Å²) in [6.07, 6.45) is 4.39. The summed E-state index contributed by atoms with van der Waals surface area (Å²) < 4.78 is 0. The zero-order chi connectivity index (χ0) is 13.0. The van der Waals surface area contributed by atoms with E-state index in [4.69, 9.17) is 0 Å². The van der Waals surface area contributed by atoms with E-state index in [1.165, 1.54) is 11.1 Å². The molecular formula is C16H19NO2. The minimum atomic E-state index is -0.199. The van der Waals surface area contributed by atoms with Gasteiger partial charge >= 0.3 is 0 Å². The number of aliphatic hydroxyl groups is 1. The van der Waals surface area contributed by atoms with Gasteiger partial charge in [-0.15, -0.1) is 0 Å². The minimum Gasteiger partial charge on any atom is -0.393 e. The lowest BCUT2D eigenvalue weighted by molar-refractivity contribution is -0.139. The van der Waals surface area contributed by atoms with Crippen molar-refractivity contribution in [3.8, 4) is 0 Å². The van der Waals surface area contributed by atoms with Gasteiger partial charge in [0.05, 0.1) is 12.0 Å². The van der Waals surface area contributed by atoms with Crippen LogP contribution in [0, 0.1) is 0 Å². The summed E-state index contributed by atoms with van der Waals surface area (Å²) in [6.45, 7) is 0. The fourth-order valence-electron chi connectivity index (χ4n) is 4.17. The molecule has 3 unspecified atom stereocenters. The molecule has 2 bridgehead atoms. The van der Waals surface area contributed by atoms with Crippen LogP contribution in [0.2, 0.25) is 0 Å². The molecule has 0 aromatic heterocycles. The van der Waals surface area contributed by atoms with Crippen LogP contribution < -0.4 is 0 Å². The van der Waals surface area contributed by atoms with Crippen LogP contribution >= 0.6 is 0 Å². The Morgan fingerprint density at radius 2 is 1.84 bits per heavy atom. The molecule has 100 valence electrons. The molecule has 1 amide bonds. The number of benzene rings is 1. The number of hydrogen-bond acceptors (Lipinski definition) is 2. The predicted octanol–water partition coefficient (Wildman–Crippen LogP) is 1.84. The number of carbonyl (C=O) groups is 1. The molecule has 3 atom stereocenters. The predicted molar refractivity (Wildman–Crippen MR) is 71.8 cm³/mol. The van der Waals surface area contributed by atoms with Crippen LogP contribution in [0.15, 0.2) is 24.3 Å². The normalized spacial score (nSPS) is 35.7. The third-order valence-electron chi connectivity index (χ3n) is 5.12. The molecule has 1 aromatic rings. The van der Waals surface area contributed by atoms with E-state index in [1.54, 1.807) is 0 Å². The maximum atomic E-state index is 12.8. The third-order valence-corrected chi connectivity index (χ3v) is 5.12. The van der Waals surface area contributed by atoms with Crippen molar-refractivity contribution in [2.24, 2.45) is 0 Å². The monoisotopic (exact) mass is 257 g/mol. The number of piperidine rings is 1. The molecule has 4 rings (SSSR count). The molecule has 2 heterocycles. The molecule has 3 nitrogen and oxygen atoms in total. The Morgan fingerprint density at radius 3 is 2.53 bits per heavy atom. The van der Waals surface area contributed by atoms with Crippen LogP contribution in [0.25, 0.3) is 0 Å². The molecule has 19 heavy (non-hydrogen) atoms. The van der Waals surface area contributed by atoms with Crippen LogP contribution in [-0.2, 0) is 11.2 Å². The van der Waals surface area contributed by atoms with Crippen molar-refractivity contribution in [2.75, 3.05) is 0 Å². The Bertz CT molecular complexity index is 513. The number of carbonyl (C=O) groups excluding carboxylic acids is 1. The topological polar surface area (TPSA) is 40.5 Å². The average Bonchev–Trinajstić information content (AvgIpc) is 2.63. The number of amides is 1. The number of rotatable bonds is 1. The first-order chi connectivity index (χ1) is 9.24. The quantitative estimate of drug-likeness (QED) is 0.834. The molecule has 2 aliphatic heterocycles. The van der Waals surface area contributed by atoms with Gasteiger partial charge in [0, 0.05) is 12.1 Å². The van der Waals surface area contributed by atoms with Crippen molar-refractivity contribution in [3.05, 3.63) is 35.4 Å². The summed E-state index contributed by atoms with van der Waals surface area (Å²) in [6, 6.07) is 8.84. The molecule has 0 spiro atoms. The molecule has 1 N–H and O–H groups in total. The van der Waals surface area contributed by atoms with E-state index in [-0.39, 0.29) is 24.1 Å². The van der Waals surface area contributed by atoms with Crippen LogP contribution in [0.1, 0.15) is 42.7 Å². The average molecular weight is 257 g/mol. The molecule has 3 heteroatoms. The van der Waals surface area contributed by atoms with Crippen molar-refractivity contribution >= 4 is 5.91 Å². The molecule has 1 aliphatic carbocycles. The molecule has 2 fully saturated rings. The summed E-state index contributed by atoms with van der Waals surface area (Å²) in [4.78, 5) is 14.9. The van der Waals surface area contributed by atoms with E-state index in [9.17, 15) is 9.90 Å². The van der Waals surface area contributed by atoms with Crippen LogP contribution in [0.5, 0.6) is 0 Å². The second-order valence-electron chi connectivity index (χ2n) is 6.21. The van der Waals surface area contributed by atoms with Gasteiger partial charge < -0.3 is 10.0 Å². The Balaban J connectivity index is 1.57. The number of nitrogens with zero attached hydrogens (tertiary/aromatic N) is 1. The molecule has 2 saturated heterocycles. The summed E-state index contributed by atoms with van der Waals surface area (Å²) in [5, 5.41) is 9.82. The van der Waals surface area contributed by atoms with E-state index < -0.39 is 0 Å². The maximum Gasteiger partial charge on any atom is 0.230 e. The van der Waals surface area contributed by atoms with E-state index in [0.29, 0.717) is 5.91 Å². The minimum absolute atomic E-state index is 0.0783. The van der Waals surface area contributed by atoms with E-state index in [1.807, 2.05) is 12.1 Å². The number of hydrogen-bond donors (Lipinski definition) is 1. The summed E-state index contributed by atoms with van der Waals surface area (Å²) in [5.74, 6) is 0.382. The van der Waals surface area contributed by atoms with Gasteiger partial charge in [-0.25, -0.2) is 0 Å². The van der Waals surface area contributed by atoms with Crippen LogP contribution in [0.3, 0.4) is 0 Å². The first-order valence-electron chi connectivity index (χ1n) is 7.32. The Kier molecular flexibility index (Phi) is 2.46. The summed E-state index contributed by atoms with van der Waals surface area (Å²) in [5.41, 5.74) is 2.54. The molecule has 3 aliphatic rings. The van der Waals surface area contributed by atoms with E-state index in [0.717, 1.165) is 32.1 Å². The van der Waals surface area contributed by atoms with Crippen LogP contribution in [0.4, 0.5) is 0 Å². The van der Waals surface area contributed by atoms with Gasteiger partial charge in [0.1, 0.15) is 0 Å². The highest BCUT2D eigenvalue weighted by atomic mass is 16.3. The van der Waals surface area contributed by atoms with Gasteiger partial charge in [-0.3, -0.25) is 4.79 Å². The highest BCUT2D eigenvalue weighted by Crippen LogP contribution is 2.42. The lowest BCUT2D eigenvalue weighted by Gasteiger charge is -2.41. The van der Waals surface area contributed by atoms with Gasteiger partial charge in [0.2, 0.25) is 5.91 Å². The van der Waals surface area contributed by atoms with E-state index in [2.05, 4.69) is 17.0 Å². The molecule has 0 radical (unpaired) electrons. The van der Waals surface area contributed by atoms with Gasteiger partial charge in [-0.05, 0) is 43.2 Å². The molecular weight excluding hydrogens is 238 g/mol. The molecule has 0 saturated carbocycles. The standard InChI is InChI=1S/C16H19NO2/c18-13-8-11-5-6-12(9-13)17(11)16(19)15-7-10-3-1-2-4-14(10)15/h1-4,11-13,15,18H,5-9H2. The Morgan fingerprint density at radius 1 is 1.16 bits per heavy atom. The largest absolute Gasteiger partial charge is 0.393 e. The van der Waals surface area contributed by atoms with Gasteiger partial charge in [-0.2, -0.15) is 0 Å². The second-order valence-corrected chi connectivity index (χ2v) is 6.21. The fraction of sp³-hybridized carbons (Fsp3) is 0.562. The maximum absolute atomic E-state index is 12.8. The smallest absolute Gasteiger partial charge is 0.230 e. The number of aliphatic hydroxyl groups excluding tert-OH is 1. The van der Waals surface area contributed by atoms with Crippen molar-refractivity contribution in [2.45, 2.75) is 56.2 Å². The van der Waals surface area contributed by atoms with Gasteiger partial charge in [-0.1, -0.05) is 24.3 Å². The van der Waals surface area contributed by atoms with Crippen LogP contribution in [-0.4, -0.2) is 34.1 Å². The SMILES string of the molecule is O=C(C1Cc2ccccc21)N1C2CCC1CC(O)C2. The van der Waals surface area contributed by atoms with Crippen molar-refractivity contribution in [3.63, 3.8) is 0 Å². The first-order valence-corrected chi connectivity index (χ1v) is 7.32. The van der Waals surface area contributed by atoms with Gasteiger partial charge in [0.15, 0.2) is 0 Å². The number of fused-ring (bicyclic) bond motifs is 3. The van der Waals surface area contributed by atoms with Crippen molar-refractivity contribution < 1.29 is 9.90 Å². The third kappa shape index (κ3) is 1.64. The lowest BCUT2D eigenvalue weighted by atomic mass is 9.76. The fourth-order valence-corrected chi connectivity index (χ4v) is 4.17. The summed E-state index contributed by atoms with van der Waals surface area (Å²) in [7, 11) is 0. The van der Waals surface area contributed by atoms with E-state index >= 15 is 0 Å². The highest BCUT2D eigenvalue weighted by molar-refractivity contribution is 5.87. The van der Waals surface area contributed by atoms with Crippen molar-refractivity contribution in [1.82, 2.24) is 4.90 Å². The Hall–Kier alpha value is -1.35. The lowest BCUT2D eigenvalue weighted by Crippen LogP contribution is -2.51. The first kappa shape index (κ1) is 11.5. The van der Waals surface area contributed by atoms with Gasteiger partial charge in [0.25, 0.3) is 0 Å². The zero-order valence-corrected chi connectivity index (χ0v) is 11.0. The summed E-state index contributed by atoms with van der Waals surface area (Å²) >= 11 is 0.